The molecule has 6 nitrogen and oxygen atoms in total. The number of carbonyl (C=O) groups excluding carboxylic acids is 1. The molecule has 4 aromatic rings. The minimum atomic E-state index is -0.633. The van der Waals surface area contributed by atoms with Gasteiger partial charge in [-0.1, -0.05) is 84.2 Å². The largest absolute Gasteiger partial charge is 0.494 e. The number of benzene rings is 3. The monoisotopic (exact) mass is 521 g/mol. The van der Waals surface area contributed by atoms with Gasteiger partial charge in [-0.05, 0) is 55.3 Å². The number of carbonyl (C=O) groups is 1. The number of nitrogens with one attached hydrogen (secondary N) is 1. The second kappa shape index (κ2) is 11.3. The SMILES string of the molecule is CCOc1ccc([C@H]2C(C(=O)Nc3ccccc3)=C(C)N=c3s/c(=C/C=C/c4ccccc4)c(=O)n32)cc1. The van der Waals surface area contributed by atoms with Gasteiger partial charge in [0, 0.05) is 5.69 Å². The zero-order chi connectivity index (χ0) is 26.5. The third kappa shape index (κ3) is 5.28. The second-order valence-corrected chi connectivity index (χ2v) is 9.71. The summed E-state index contributed by atoms with van der Waals surface area (Å²) in [6.45, 7) is 4.29. The Morgan fingerprint density at radius 2 is 1.71 bits per heavy atom. The molecule has 38 heavy (non-hydrogen) atoms. The molecule has 190 valence electrons. The van der Waals surface area contributed by atoms with E-state index in [0.29, 0.717) is 32.9 Å². The van der Waals surface area contributed by atoms with E-state index in [0.717, 1.165) is 16.9 Å². The van der Waals surface area contributed by atoms with E-state index in [1.165, 1.54) is 11.3 Å². The van der Waals surface area contributed by atoms with Crippen molar-refractivity contribution in [1.82, 2.24) is 4.57 Å². The Morgan fingerprint density at radius 3 is 2.39 bits per heavy atom. The van der Waals surface area contributed by atoms with Gasteiger partial charge in [-0.25, -0.2) is 4.99 Å². The lowest BCUT2D eigenvalue weighted by molar-refractivity contribution is -0.113. The lowest BCUT2D eigenvalue weighted by atomic mass is 9.95. The molecule has 3 aromatic carbocycles. The molecule has 0 saturated carbocycles. The lowest BCUT2D eigenvalue weighted by Crippen LogP contribution is -2.40. The number of anilines is 1. The number of thiazole rings is 1. The van der Waals surface area contributed by atoms with Crippen LogP contribution in [0.15, 0.2) is 112 Å². The normalized spacial score (nSPS) is 15.3. The number of fused-ring (bicyclic) bond motifs is 1. The van der Waals surface area contributed by atoms with E-state index in [4.69, 9.17) is 9.73 Å². The number of ether oxygens (including phenoxy) is 1. The zero-order valence-electron chi connectivity index (χ0n) is 21.1. The van der Waals surface area contributed by atoms with Gasteiger partial charge in [-0.2, -0.15) is 0 Å². The van der Waals surface area contributed by atoms with E-state index in [1.54, 1.807) is 10.6 Å². The molecule has 5 rings (SSSR count). The quantitative estimate of drug-likeness (QED) is 0.375. The highest BCUT2D eigenvalue weighted by Crippen LogP contribution is 2.31. The summed E-state index contributed by atoms with van der Waals surface area (Å²) < 4.78 is 7.78. The minimum absolute atomic E-state index is 0.192. The lowest BCUT2D eigenvalue weighted by Gasteiger charge is -2.25. The number of allylic oxidation sites excluding steroid dienone is 2. The van der Waals surface area contributed by atoms with E-state index < -0.39 is 6.04 Å². The highest BCUT2D eigenvalue weighted by molar-refractivity contribution is 7.07. The Morgan fingerprint density at radius 1 is 1.03 bits per heavy atom. The fourth-order valence-corrected chi connectivity index (χ4v) is 5.38. The van der Waals surface area contributed by atoms with Crippen molar-refractivity contribution in [3.05, 3.63) is 133 Å². The summed E-state index contributed by atoms with van der Waals surface area (Å²) in [5, 5.41) is 2.97. The summed E-state index contributed by atoms with van der Waals surface area (Å²) in [6, 6.07) is 26.0. The van der Waals surface area contributed by atoms with Gasteiger partial charge in [0.15, 0.2) is 4.80 Å². The number of hydrogen-bond donors (Lipinski definition) is 1. The average molecular weight is 522 g/mol. The molecule has 1 aromatic heterocycles. The Labute approximate surface area is 224 Å². The number of aromatic nitrogens is 1. The number of amides is 1. The number of para-hydroxylation sites is 1. The van der Waals surface area contributed by atoms with Crippen molar-refractivity contribution in [2.45, 2.75) is 19.9 Å². The molecular formula is C31H27N3O3S. The van der Waals surface area contributed by atoms with Gasteiger partial charge < -0.3 is 10.1 Å². The summed E-state index contributed by atoms with van der Waals surface area (Å²) in [7, 11) is 0. The van der Waals surface area contributed by atoms with Crippen LogP contribution in [0.25, 0.3) is 12.2 Å². The summed E-state index contributed by atoms with van der Waals surface area (Å²) >= 11 is 1.31. The van der Waals surface area contributed by atoms with E-state index >= 15 is 0 Å². The fourth-order valence-electron chi connectivity index (χ4n) is 4.39. The topological polar surface area (TPSA) is 72.7 Å². The molecule has 1 amide bonds. The summed E-state index contributed by atoms with van der Waals surface area (Å²) in [4.78, 5) is 32.6. The molecule has 2 heterocycles. The van der Waals surface area contributed by atoms with Crippen molar-refractivity contribution in [2.75, 3.05) is 11.9 Å². The van der Waals surface area contributed by atoms with Crippen molar-refractivity contribution in [3.63, 3.8) is 0 Å². The number of rotatable bonds is 7. The predicted octanol–water partition coefficient (Wildman–Crippen LogP) is 4.94. The van der Waals surface area contributed by atoms with Gasteiger partial charge >= 0.3 is 0 Å². The maximum absolute atomic E-state index is 13.7. The zero-order valence-corrected chi connectivity index (χ0v) is 21.9. The standard InChI is InChI=1S/C31H27N3O3S/c1-3-37-25-19-17-23(18-20-25)28-27(29(35)33-24-14-8-5-9-15-24)21(2)32-31-34(28)30(36)26(38-31)16-10-13-22-11-6-4-7-12-22/h4-20,28H,3H2,1-2H3,(H,33,35)/b13-10+,26-16+/t28-/m0/s1. The number of hydrogen-bond acceptors (Lipinski definition) is 5. The van der Waals surface area contributed by atoms with Gasteiger partial charge in [0.25, 0.3) is 11.5 Å². The summed E-state index contributed by atoms with van der Waals surface area (Å²) in [5.74, 6) is 0.431. The van der Waals surface area contributed by atoms with Crippen molar-refractivity contribution in [2.24, 2.45) is 4.99 Å². The van der Waals surface area contributed by atoms with Crippen LogP contribution >= 0.6 is 11.3 Å². The van der Waals surface area contributed by atoms with Crippen LogP contribution in [0, 0.1) is 0 Å². The summed E-state index contributed by atoms with van der Waals surface area (Å²) in [5.41, 5.74) is 3.32. The first kappa shape index (κ1) is 25.2. The molecule has 0 fully saturated rings. The maximum Gasteiger partial charge on any atom is 0.271 e. The molecule has 7 heteroatoms. The van der Waals surface area contributed by atoms with Gasteiger partial charge in [0.05, 0.1) is 28.5 Å². The third-order valence-electron chi connectivity index (χ3n) is 6.14. The van der Waals surface area contributed by atoms with Crippen LogP contribution in [0.5, 0.6) is 5.75 Å². The molecule has 0 spiro atoms. The molecule has 1 aliphatic rings. The molecule has 1 N–H and O–H groups in total. The van der Waals surface area contributed by atoms with Gasteiger partial charge in [0.1, 0.15) is 5.75 Å². The molecule has 0 radical (unpaired) electrons. The molecule has 1 atom stereocenters. The molecule has 1 aliphatic heterocycles. The van der Waals surface area contributed by atoms with Crippen LogP contribution in [-0.2, 0) is 4.79 Å². The van der Waals surface area contributed by atoms with E-state index in [2.05, 4.69) is 5.32 Å². The predicted molar refractivity (Wildman–Crippen MR) is 153 cm³/mol. The van der Waals surface area contributed by atoms with Crippen LogP contribution in [0.4, 0.5) is 5.69 Å². The van der Waals surface area contributed by atoms with Crippen LogP contribution in [0.1, 0.15) is 31.0 Å². The van der Waals surface area contributed by atoms with Crippen LogP contribution < -0.4 is 24.9 Å². The third-order valence-corrected chi connectivity index (χ3v) is 7.14. The Balaban J connectivity index is 1.60. The first-order chi connectivity index (χ1) is 18.5. The molecule has 0 bridgehead atoms. The Kier molecular flexibility index (Phi) is 7.47. The second-order valence-electron chi connectivity index (χ2n) is 8.70. The molecule has 0 aliphatic carbocycles. The van der Waals surface area contributed by atoms with Crippen molar-refractivity contribution in [3.8, 4) is 5.75 Å². The smallest absolute Gasteiger partial charge is 0.271 e. The highest BCUT2D eigenvalue weighted by Gasteiger charge is 2.32. The van der Waals surface area contributed by atoms with Gasteiger partial charge in [-0.3, -0.25) is 14.2 Å². The highest BCUT2D eigenvalue weighted by atomic mass is 32.1. The van der Waals surface area contributed by atoms with Gasteiger partial charge in [-0.15, -0.1) is 0 Å². The van der Waals surface area contributed by atoms with E-state index in [-0.39, 0.29) is 11.5 Å². The van der Waals surface area contributed by atoms with Crippen LogP contribution in [0.2, 0.25) is 0 Å². The van der Waals surface area contributed by atoms with Gasteiger partial charge in [0.2, 0.25) is 0 Å². The van der Waals surface area contributed by atoms with Crippen molar-refractivity contribution in [1.29, 1.82) is 0 Å². The first-order valence-corrected chi connectivity index (χ1v) is 13.2. The minimum Gasteiger partial charge on any atom is -0.494 e. The Bertz CT molecular complexity index is 1680. The first-order valence-electron chi connectivity index (χ1n) is 12.4. The summed E-state index contributed by atoms with van der Waals surface area (Å²) in [6.07, 6.45) is 5.62. The molecular weight excluding hydrogens is 494 g/mol. The van der Waals surface area contributed by atoms with E-state index in [1.807, 2.05) is 111 Å². The van der Waals surface area contributed by atoms with Crippen molar-refractivity contribution >= 4 is 35.1 Å². The van der Waals surface area contributed by atoms with Crippen LogP contribution in [-0.4, -0.2) is 17.1 Å². The Hall–Kier alpha value is -4.49. The number of nitrogens with zero attached hydrogens (tertiary/aromatic N) is 2. The van der Waals surface area contributed by atoms with Crippen LogP contribution in [0.3, 0.4) is 0 Å². The molecule has 0 saturated heterocycles. The van der Waals surface area contributed by atoms with E-state index in [9.17, 15) is 9.59 Å². The average Bonchev–Trinajstić information content (AvgIpc) is 3.24. The fraction of sp³-hybridized carbons (Fsp3) is 0.129. The molecule has 0 unspecified atom stereocenters. The van der Waals surface area contributed by atoms with Crippen molar-refractivity contribution < 1.29 is 9.53 Å². The maximum atomic E-state index is 13.7.